The fraction of sp³-hybridized carbons (Fsp3) is 0.286. The van der Waals surface area contributed by atoms with Crippen molar-refractivity contribution in [2.45, 2.75) is 13.0 Å². The number of benzene rings is 1. The van der Waals surface area contributed by atoms with Crippen molar-refractivity contribution in [1.29, 1.82) is 0 Å². The Hall–Kier alpha value is -2.14. The Labute approximate surface area is 111 Å². The molecule has 1 rings (SSSR count). The number of hydrogen-bond donors (Lipinski definition) is 0. The molecule has 5 nitrogen and oxygen atoms in total. The molecule has 1 atom stereocenters. The molecule has 19 heavy (non-hydrogen) atoms. The Morgan fingerprint density at radius 1 is 1.26 bits per heavy atom. The third-order valence-electron chi connectivity index (χ3n) is 2.22. The number of para-hydroxylation sites is 1. The largest absolute Gasteiger partial charge is 0.459 e. The number of hydrogen-bond acceptors (Lipinski definition) is 5. The SMILES string of the molecule is C=C(C)C(=O)OCC(OC)C(=O)Oc1ccccc1. The third-order valence-corrected chi connectivity index (χ3v) is 2.22. The molecular weight excluding hydrogens is 248 g/mol. The molecular formula is C14H16O5. The van der Waals surface area contributed by atoms with E-state index in [4.69, 9.17) is 14.2 Å². The first kappa shape index (κ1) is 14.9. The molecule has 1 aromatic carbocycles. The second-order valence-corrected chi connectivity index (χ2v) is 3.84. The summed E-state index contributed by atoms with van der Waals surface area (Å²) >= 11 is 0. The molecule has 1 aromatic rings. The lowest BCUT2D eigenvalue weighted by Crippen LogP contribution is -2.33. The number of carbonyl (C=O) groups excluding carboxylic acids is 2. The van der Waals surface area contributed by atoms with Crippen LogP contribution in [0.1, 0.15) is 6.92 Å². The van der Waals surface area contributed by atoms with E-state index in [0.717, 1.165) is 0 Å². The molecule has 0 aliphatic heterocycles. The minimum Gasteiger partial charge on any atom is -0.459 e. The van der Waals surface area contributed by atoms with Gasteiger partial charge in [0.2, 0.25) is 0 Å². The van der Waals surface area contributed by atoms with Gasteiger partial charge in [-0.25, -0.2) is 9.59 Å². The standard InChI is InChI=1S/C14H16O5/c1-10(2)13(15)18-9-12(17-3)14(16)19-11-7-5-4-6-8-11/h4-8,12H,1,9H2,2-3H3. The number of esters is 2. The lowest BCUT2D eigenvalue weighted by molar-refractivity contribution is -0.154. The van der Waals surface area contributed by atoms with Crippen LogP contribution in [-0.2, 0) is 19.1 Å². The van der Waals surface area contributed by atoms with E-state index in [1.54, 1.807) is 30.3 Å². The molecule has 0 spiro atoms. The van der Waals surface area contributed by atoms with E-state index >= 15 is 0 Å². The highest BCUT2D eigenvalue weighted by molar-refractivity contribution is 5.87. The maximum atomic E-state index is 11.8. The molecule has 5 heteroatoms. The van der Waals surface area contributed by atoms with Crippen molar-refractivity contribution >= 4 is 11.9 Å². The molecule has 0 bridgehead atoms. The van der Waals surface area contributed by atoms with Crippen LogP contribution in [0.3, 0.4) is 0 Å². The third kappa shape index (κ3) is 4.93. The number of ether oxygens (including phenoxy) is 3. The van der Waals surface area contributed by atoms with Gasteiger partial charge in [0.15, 0.2) is 6.10 Å². The zero-order valence-electron chi connectivity index (χ0n) is 10.9. The Bertz CT molecular complexity index is 452. The molecule has 0 aliphatic carbocycles. The summed E-state index contributed by atoms with van der Waals surface area (Å²) in [5, 5.41) is 0. The maximum Gasteiger partial charge on any atom is 0.344 e. The van der Waals surface area contributed by atoms with E-state index in [9.17, 15) is 9.59 Å². The summed E-state index contributed by atoms with van der Waals surface area (Å²) in [4.78, 5) is 23.0. The molecule has 0 radical (unpaired) electrons. The average Bonchev–Trinajstić information content (AvgIpc) is 2.40. The minimum absolute atomic E-state index is 0.214. The molecule has 102 valence electrons. The second-order valence-electron chi connectivity index (χ2n) is 3.84. The van der Waals surface area contributed by atoms with Crippen LogP contribution in [0.25, 0.3) is 0 Å². The van der Waals surface area contributed by atoms with Crippen molar-refractivity contribution in [1.82, 2.24) is 0 Å². The van der Waals surface area contributed by atoms with Gasteiger partial charge >= 0.3 is 11.9 Å². The van der Waals surface area contributed by atoms with E-state index in [0.29, 0.717) is 5.75 Å². The Morgan fingerprint density at radius 2 is 1.89 bits per heavy atom. The molecule has 0 saturated heterocycles. The van der Waals surface area contributed by atoms with Crippen molar-refractivity contribution < 1.29 is 23.8 Å². The van der Waals surface area contributed by atoms with Crippen molar-refractivity contribution in [2.75, 3.05) is 13.7 Å². The van der Waals surface area contributed by atoms with Gasteiger partial charge in [-0.05, 0) is 19.1 Å². The average molecular weight is 264 g/mol. The van der Waals surface area contributed by atoms with Crippen LogP contribution in [0.5, 0.6) is 5.75 Å². The molecule has 0 amide bonds. The first-order valence-corrected chi connectivity index (χ1v) is 5.66. The summed E-state index contributed by atoms with van der Waals surface area (Å²) in [6.07, 6.45) is -0.969. The summed E-state index contributed by atoms with van der Waals surface area (Å²) in [6, 6.07) is 8.58. The van der Waals surface area contributed by atoms with E-state index in [2.05, 4.69) is 6.58 Å². The quantitative estimate of drug-likeness (QED) is 0.445. The van der Waals surface area contributed by atoms with E-state index < -0.39 is 18.0 Å². The van der Waals surface area contributed by atoms with Crippen LogP contribution in [0.2, 0.25) is 0 Å². The summed E-state index contributed by atoms with van der Waals surface area (Å²) < 4.78 is 14.9. The Balaban J connectivity index is 2.52. The normalized spacial score (nSPS) is 11.5. The molecule has 0 fully saturated rings. The molecule has 0 saturated carbocycles. The minimum atomic E-state index is -0.969. The lowest BCUT2D eigenvalue weighted by atomic mass is 10.3. The predicted octanol–water partition coefficient (Wildman–Crippen LogP) is 1.73. The van der Waals surface area contributed by atoms with Crippen molar-refractivity contribution in [2.24, 2.45) is 0 Å². The van der Waals surface area contributed by atoms with Crippen LogP contribution in [0, 0.1) is 0 Å². The first-order chi connectivity index (χ1) is 9.04. The Morgan fingerprint density at radius 3 is 2.42 bits per heavy atom. The molecule has 0 N–H and O–H groups in total. The number of carbonyl (C=O) groups is 2. The van der Waals surface area contributed by atoms with Gasteiger partial charge in [0.1, 0.15) is 12.4 Å². The summed E-state index contributed by atoms with van der Waals surface area (Å²) in [6.45, 7) is 4.75. The highest BCUT2D eigenvalue weighted by atomic mass is 16.6. The van der Waals surface area contributed by atoms with Gasteiger partial charge in [0, 0.05) is 12.7 Å². The molecule has 0 aromatic heterocycles. The molecule has 0 aliphatic rings. The highest BCUT2D eigenvalue weighted by Gasteiger charge is 2.22. The van der Waals surface area contributed by atoms with Crippen LogP contribution in [0.4, 0.5) is 0 Å². The maximum absolute atomic E-state index is 11.8. The predicted molar refractivity (Wildman–Crippen MR) is 68.6 cm³/mol. The van der Waals surface area contributed by atoms with Gasteiger partial charge in [0.05, 0.1) is 0 Å². The number of methoxy groups -OCH3 is 1. The second kappa shape index (κ2) is 7.33. The zero-order valence-corrected chi connectivity index (χ0v) is 10.9. The van der Waals surface area contributed by atoms with Crippen LogP contribution >= 0.6 is 0 Å². The van der Waals surface area contributed by atoms with Crippen LogP contribution in [0.15, 0.2) is 42.5 Å². The lowest BCUT2D eigenvalue weighted by Gasteiger charge is -2.14. The van der Waals surface area contributed by atoms with Gasteiger partial charge < -0.3 is 14.2 Å². The van der Waals surface area contributed by atoms with E-state index in [-0.39, 0.29) is 12.2 Å². The smallest absolute Gasteiger partial charge is 0.344 e. The van der Waals surface area contributed by atoms with Gasteiger partial charge in [-0.1, -0.05) is 24.8 Å². The number of rotatable bonds is 6. The van der Waals surface area contributed by atoms with Crippen molar-refractivity contribution in [3.63, 3.8) is 0 Å². The van der Waals surface area contributed by atoms with Gasteiger partial charge in [-0.15, -0.1) is 0 Å². The monoisotopic (exact) mass is 264 g/mol. The fourth-order valence-electron chi connectivity index (χ4n) is 1.18. The Kier molecular flexibility index (Phi) is 5.75. The highest BCUT2D eigenvalue weighted by Crippen LogP contribution is 2.10. The molecule has 0 heterocycles. The van der Waals surface area contributed by atoms with Gasteiger partial charge in [-0.2, -0.15) is 0 Å². The molecule has 1 unspecified atom stereocenters. The van der Waals surface area contributed by atoms with E-state index in [1.807, 2.05) is 0 Å². The van der Waals surface area contributed by atoms with Crippen LogP contribution < -0.4 is 4.74 Å². The van der Waals surface area contributed by atoms with Gasteiger partial charge in [0.25, 0.3) is 0 Å². The first-order valence-electron chi connectivity index (χ1n) is 5.66. The van der Waals surface area contributed by atoms with Crippen molar-refractivity contribution in [3.05, 3.63) is 42.5 Å². The summed E-state index contributed by atoms with van der Waals surface area (Å²) in [5.74, 6) is -0.793. The van der Waals surface area contributed by atoms with E-state index in [1.165, 1.54) is 14.0 Å². The topological polar surface area (TPSA) is 61.8 Å². The zero-order chi connectivity index (χ0) is 14.3. The van der Waals surface area contributed by atoms with Crippen LogP contribution in [-0.4, -0.2) is 31.8 Å². The summed E-state index contributed by atoms with van der Waals surface area (Å²) in [7, 11) is 1.34. The van der Waals surface area contributed by atoms with Gasteiger partial charge in [-0.3, -0.25) is 0 Å². The summed E-state index contributed by atoms with van der Waals surface area (Å²) in [5.41, 5.74) is 0.256. The fourth-order valence-corrected chi connectivity index (χ4v) is 1.18. The van der Waals surface area contributed by atoms with Crippen molar-refractivity contribution in [3.8, 4) is 5.75 Å².